The van der Waals surface area contributed by atoms with E-state index in [1.807, 2.05) is 24.3 Å². The molecule has 0 aliphatic heterocycles. The molecule has 0 spiro atoms. The fraction of sp³-hybridized carbons (Fsp3) is 0.269. The van der Waals surface area contributed by atoms with Crippen LogP contribution in [0.15, 0.2) is 60.7 Å². The number of carboxylic acid groups (broad SMARTS) is 1. The Kier molecular flexibility index (Phi) is 5.63. The van der Waals surface area contributed by atoms with Crippen LogP contribution in [-0.2, 0) is 5.41 Å². The Morgan fingerprint density at radius 1 is 1.00 bits per heavy atom. The van der Waals surface area contributed by atoms with Gasteiger partial charge in [0.2, 0.25) is 0 Å². The summed E-state index contributed by atoms with van der Waals surface area (Å²) < 4.78 is 0. The fourth-order valence-electron chi connectivity index (χ4n) is 3.46. The van der Waals surface area contributed by atoms with Crippen molar-refractivity contribution in [3.05, 3.63) is 88.5 Å². The van der Waals surface area contributed by atoms with Crippen molar-refractivity contribution in [2.75, 3.05) is 0 Å². The number of benzene rings is 2. The maximum Gasteiger partial charge on any atom is 0.335 e. The first kappa shape index (κ1) is 20.8. The summed E-state index contributed by atoms with van der Waals surface area (Å²) in [4.78, 5) is 11.0. The third-order valence-electron chi connectivity index (χ3n) is 5.21. The summed E-state index contributed by atoms with van der Waals surface area (Å²) >= 11 is 0. The number of aliphatic hydroxyl groups is 1. The second-order valence-electron chi connectivity index (χ2n) is 8.80. The third-order valence-corrected chi connectivity index (χ3v) is 5.21. The first-order chi connectivity index (χ1) is 13.5. The predicted octanol–water partition coefficient (Wildman–Crippen LogP) is 5.95. The van der Waals surface area contributed by atoms with Gasteiger partial charge in [0.25, 0.3) is 0 Å². The molecular formula is C26H28O3. The second kappa shape index (κ2) is 7.84. The Labute approximate surface area is 172 Å². The van der Waals surface area contributed by atoms with Gasteiger partial charge in [0.15, 0.2) is 0 Å². The molecule has 0 bridgehead atoms. The lowest BCUT2D eigenvalue weighted by Gasteiger charge is -2.32. The number of carbonyl (C=O) groups is 1. The highest BCUT2D eigenvalue weighted by molar-refractivity contribution is 5.88. The Morgan fingerprint density at radius 2 is 1.62 bits per heavy atom. The van der Waals surface area contributed by atoms with E-state index in [2.05, 4.69) is 38.1 Å². The van der Waals surface area contributed by atoms with Gasteiger partial charge in [-0.3, -0.25) is 0 Å². The van der Waals surface area contributed by atoms with Crippen LogP contribution in [0.25, 0.3) is 17.7 Å². The van der Waals surface area contributed by atoms with Gasteiger partial charge in [-0.2, -0.15) is 0 Å². The molecular weight excluding hydrogens is 360 g/mol. The maximum atomic E-state index is 11.0. The van der Waals surface area contributed by atoms with Crippen LogP contribution in [0.2, 0.25) is 0 Å². The average molecular weight is 389 g/mol. The number of carboxylic acids is 1. The molecule has 0 unspecified atom stereocenters. The van der Waals surface area contributed by atoms with Crippen LogP contribution in [-0.4, -0.2) is 21.8 Å². The van der Waals surface area contributed by atoms with E-state index in [1.54, 1.807) is 38.1 Å². The standard InChI is InChI=1S/C26H28O3/c1-25(2)15-13-20(14-16-26(3,4)29)22-17-19(9-12-23(22)25)6-5-18-7-10-21(11-8-18)24(27)28/h5-14,16-17,29H,15H2,1-4H3,(H,27,28)/b6-5+,16-14+. The van der Waals surface area contributed by atoms with Crippen molar-refractivity contribution in [1.82, 2.24) is 0 Å². The second-order valence-corrected chi connectivity index (χ2v) is 8.80. The molecule has 150 valence electrons. The minimum absolute atomic E-state index is 0.0658. The monoisotopic (exact) mass is 388 g/mol. The summed E-state index contributed by atoms with van der Waals surface area (Å²) in [6.45, 7) is 8.04. The SMILES string of the molecule is CC(C)(O)/C=C/C1=CCC(C)(C)c2ccc(/C=C/c3ccc(C(=O)O)cc3)cc21. The van der Waals surface area contributed by atoms with E-state index < -0.39 is 11.6 Å². The Hall–Kier alpha value is -2.91. The van der Waals surface area contributed by atoms with Crippen molar-refractivity contribution in [1.29, 1.82) is 0 Å². The Balaban J connectivity index is 1.92. The van der Waals surface area contributed by atoms with E-state index in [4.69, 9.17) is 5.11 Å². The first-order valence-electron chi connectivity index (χ1n) is 9.83. The fourth-order valence-corrected chi connectivity index (χ4v) is 3.46. The van der Waals surface area contributed by atoms with Gasteiger partial charge in [-0.05, 0) is 71.7 Å². The molecule has 29 heavy (non-hydrogen) atoms. The predicted molar refractivity (Wildman–Crippen MR) is 120 cm³/mol. The number of rotatable bonds is 5. The first-order valence-corrected chi connectivity index (χ1v) is 9.83. The van der Waals surface area contributed by atoms with E-state index >= 15 is 0 Å². The molecule has 2 aromatic carbocycles. The van der Waals surface area contributed by atoms with E-state index in [9.17, 15) is 9.90 Å². The lowest BCUT2D eigenvalue weighted by atomic mass is 9.73. The lowest BCUT2D eigenvalue weighted by molar-refractivity contribution is 0.0697. The van der Waals surface area contributed by atoms with Crippen LogP contribution in [0.1, 0.15) is 66.7 Å². The number of hydrogen-bond donors (Lipinski definition) is 2. The molecule has 2 aromatic rings. The minimum Gasteiger partial charge on any atom is -0.478 e. The highest BCUT2D eigenvalue weighted by atomic mass is 16.4. The molecule has 3 heteroatoms. The van der Waals surface area contributed by atoms with Crippen LogP contribution >= 0.6 is 0 Å². The van der Waals surface area contributed by atoms with Gasteiger partial charge >= 0.3 is 5.97 Å². The van der Waals surface area contributed by atoms with Crippen LogP contribution in [0.3, 0.4) is 0 Å². The van der Waals surface area contributed by atoms with Crippen molar-refractivity contribution in [2.24, 2.45) is 0 Å². The van der Waals surface area contributed by atoms with Gasteiger partial charge in [-0.1, -0.05) is 68.5 Å². The summed E-state index contributed by atoms with van der Waals surface area (Å²) in [6.07, 6.45) is 11.0. The molecule has 0 radical (unpaired) electrons. The molecule has 1 aliphatic rings. The van der Waals surface area contributed by atoms with Gasteiger partial charge in [0.05, 0.1) is 11.2 Å². The van der Waals surface area contributed by atoms with Crippen LogP contribution in [0.4, 0.5) is 0 Å². The molecule has 0 saturated carbocycles. The zero-order valence-electron chi connectivity index (χ0n) is 17.4. The number of allylic oxidation sites excluding steroid dienone is 3. The summed E-state index contributed by atoms with van der Waals surface area (Å²) in [6, 6.07) is 13.3. The molecule has 1 aliphatic carbocycles. The van der Waals surface area contributed by atoms with Crippen molar-refractivity contribution >= 4 is 23.7 Å². The molecule has 2 N–H and O–H groups in total. The van der Waals surface area contributed by atoms with E-state index in [-0.39, 0.29) is 11.0 Å². The van der Waals surface area contributed by atoms with E-state index in [0.29, 0.717) is 0 Å². The van der Waals surface area contributed by atoms with Gasteiger partial charge in [0, 0.05) is 0 Å². The molecule has 0 aromatic heterocycles. The van der Waals surface area contributed by atoms with Gasteiger partial charge < -0.3 is 10.2 Å². The van der Waals surface area contributed by atoms with Gasteiger partial charge in [-0.15, -0.1) is 0 Å². The van der Waals surface area contributed by atoms with Crippen molar-refractivity contribution in [3.8, 4) is 0 Å². The van der Waals surface area contributed by atoms with Gasteiger partial charge in [-0.25, -0.2) is 4.79 Å². The molecule has 0 fully saturated rings. The lowest BCUT2D eigenvalue weighted by Crippen LogP contribution is -2.21. The van der Waals surface area contributed by atoms with Crippen molar-refractivity contribution < 1.29 is 15.0 Å². The summed E-state index contributed by atoms with van der Waals surface area (Å²) in [5, 5.41) is 19.1. The van der Waals surface area contributed by atoms with E-state index in [1.165, 1.54) is 11.1 Å². The van der Waals surface area contributed by atoms with Crippen LogP contribution in [0.5, 0.6) is 0 Å². The highest BCUT2D eigenvalue weighted by Gasteiger charge is 2.27. The van der Waals surface area contributed by atoms with E-state index in [0.717, 1.165) is 23.1 Å². The molecule has 0 atom stereocenters. The highest BCUT2D eigenvalue weighted by Crippen LogP contribution is 2.40. The average Bonchev–Trinajstić information content (AvgIpc) is 2.65. The maximum absolute atomic E-state index is 11.0. The van der Waals surface area contributed by atoms with Gasteiger partial charge in [0.1, 0.15) is 0 Å². The van der Waals surface area contributed by atoms with Crippen LogP contribution < -0.4 is 0 Å². The summed E-state index contributed by atoms with van der Waals surface area (Å²) in [5.41, 5.74) is 5.14. The minimum atomic E-state index is -0.920. The Morgan fingerprint density at radius 3 is 2.24 bits per heavy atom. The Bertz CT molecular complexity index is 997. The zero-order chi connectivity index (χ0) is 21.2. The van der Waals surface area contributed by atoms with Crippen LogP contribution in [0, 0.1) is 0 Å². The zero-order valence-corrected chi connectivity index (χ0v) is 17.4. The molecule has 0 heterocycles. The van der Waals surface area contributed by atoms with Crippen molar-refractivity contribution in [3.63, 3.8) is 0 Å². The smallest absolute Gasteiger partial charge is 0.335 e. The largest absolute Gasteiger partial charge is 0.478 e. The topological polar surface area (TPSA) is 57.5 Å². The third kappa shape index (κ3) is 5.12. The summed E-state index contributed by atoms with van der Waals surface area (Å²) in [5.74, 6) is -0.920. The number of aromatic carboxylic acids is 1. The molecule has 0 saturated heterocycles. The number of fused-ring (bicyclic) bond motifs is 1. The number of hydrogen-bond acceptors (Lipinski definition) is 2. The molecule has 0 amide bonds. The van der Waals surface area contributed by atoms with Crippen molar-refractivity contribution in [2.45, 2.75) is 45.1 Å². The summed E-state index contributed by atoms with van der Waals surface area (Å²) in [7, 11) is 0. The molecule has 3 nitrogen and oxygen atoms in total. The molecule has 3 rings (SSSR count). The quantitative estimate of drug-likeness (QED) is 0.623. The normalized spacial score (nSPS) is 16.1.